The predicted molar refractivity (Wildman–Crippen MR) is 83.4 cm³/mol. The average molecular weight is 301 g/mol. The summed E-state index contributed by atoms with van der Waals surface area (Å²) in [6.45, 7) is 3.67. The van der Waals surface area contributed by atoms with Gasteiger partial charge in [0.15, 0.2) is 0 Å². The Balaban J connectivity index is 1.64. The number of amides is 1. The predicted octanol–water partition coefficient (Wildman–Crippen LogP) is 2.94. The smallest absolute Gasteiger partial charge is 0.273 e. The number of hydrogen-bond acceptors (Lipinski definition) is 4. The van der Waals surface area contributed by atoms with Gasteiger partial charge >= 0.3 is 0 Å². The van der Waals surface area contributed by atoms with Crippen LogP contribution in [0.3, 0.4) is 0 Å². The van der Waals surface area contributed by atoms with Gasteiger partial charge in [0, 0.05) is 29.9 Å². The van der Waals surface area contributed by atoms with Crippen molar-refractivity contribution >= 4 is 17.2 Å². The number of carbonyl (C=O) groups is 1. The van der Waals surface area contributed by atoms with Crippen LogP contribution < -0.4 is 0 Å². The van der Waals surface area contributed by atoms with Crippen molar-refractivity contribution in [2.24, 2.45) is 5.92 Å². The van der Waals surface area contributed by atoms with E-state index in [1.807, 2.05) is 23.3 Å². The highest BCUT2D eigenvalue weighted by molar-refractivity contribution is 7.07. The van der Waals surface area contributed by atoms with Gasteiger partial charge in [0.1, 0.15) is 5.69 Å². The quantitative estimate of drug-likeness (QED) is 0.875. The topological polar surface area (TPSA) is 46.1 Å². The van der Waals surface area contributed by atoms with Crippen molar-refractivity contribution < 1.29 is 4.79 Å². The number of thiazole rings is 1. The second kappa shape index (κ2) is 6.35. The number of rotatable bonds is 3. The maximum absolute atomic E-state index is 12.4. The molecule has 0 radical (unpaired) electrons. The van der Waals surface area contributed by atoms with Crippen molar-refractivity contribution in [2.45, 2.75) is 26.2 Å². The Labute approximate surface area is 128 Å². The van der Waals surface area contributed by atoms with Gasteiger partial charge in [-0.25, -0.2) is 4.98 Å². The zero-order valence-electron chi connectivity index (χ0n) is 12.2. The third-order valence-electron chi connectivity index (χ3n) is 3.90. The van der Waals surface area contributed by atoms with Crippen molar-refractivity contribution in [1.29, 1.82) is 0 Å². The molecular weight excluding hydrogens is 282 g/mol. The van der Waals surface area contributed by atoms with Crippen molar-refractivity contribution in [2.75, 3.05) is 13.1 Å². The molecule has 0 saturated carbocycles. The number of pyridine rings is 1. The largest absolute Gasteiger partial charge is 0.337 e. The molecular formula is C16H19N3OS. The minimum atomic E-state index is 0.0677. The zero-order valence-corrected chi connectivity index (χ0v) is 13.0. The Kier molecular flexibility index (Phi) is 4.29. The van der Waals surface area contributed by atoms with Gasteiger partial charge in [-0.3, -0.25) is 9.78 Å². The number of piperidine rings is 1. The summed E-state index contributed by atoms with van der Waals surface area (Å²) in [6.07, 6.45) is 3.17. The Morgan fingerprint density at radius 3 is 3.14 bits per heavy atom. The minimum Gasteiger partial charge on any atom is -0.337 e. The summed E-state index contributed by atoms with van der Waals surface area (Å²) >= 11 is 1.47. The molecule has 0 aromatic carbocycles. The van der Waals surface area contributed by atoms with E-state index in [4.69, 9.17) is 0 Å². The first-order chi connectivity index (χ1) is 10.2. The molecule has 1 aliphatic rings. The summed E-state index contributed by atoms with van der Waals surface area (Å²) in [7, 11) is 0. The van der Waals surface area contributed by atoms with Crippen LogP contribution in [0, 0.1) is 12.8 Å². The second-order valence-corrected chi connectivity index (χ2v) is 6.33. The Bertz CT molecular complexity index is 612. The molecule has 3 heterocycles. The molecule has 0 bridgehead atoms. The van der Waals surface area contributed by atoms with Gasteiger partial charge in [0.2, 0.25) is 0 Å². The van der Waals surface area contributed by atoms with Crippen LogP contribution in [0.25, 0.3) is 0 Å². The number of aromatic nitrogens is 2. The lowest BCUT2D eigenvalue weighted by Gasteiger charge is -2.32. The van der Waals surface area contributed by atoms with E-state index >= 15 is 0 Å². The third-order valence-corrected chi connectivity index (χ3v) is 4.49. The molecule has 5 heteroatoms. The van der Waals surface area contributed by atoms with E-state index in [-0.39, 0.29) is 5.91 Å². The van der Waals surface area contributed by atoms with Gasteiger partial charge in [-0.15, -0.1) is 11.3 Å². The summed E-state index contributed by atoms with van der Waals surface area (Å²) in [5, 5.41) is 1.83. The van der Waals surface area contributed by atoms with E-state index in [9.17, 15) is 4.79 Å². The molecule has 0 unspecified atom stereocenters. The van der Waals surface area contributed by atoms with Gasteiger partial charge in [-0.2, -0.15) is 0 Å². The fraction of sp³-hybridized carbons (Fsp3) is 0.438. The standard InChI is InChI=1S/C16H19N3OS/c1-12-4-2-6-14(18-12)8-13-5-3-7-19(9-13)16(20)15-10-21-11-17-15/h2,4,6,10-11,13H,3,5,7-9H2,1H3/t13-/m1/s1. The van der Waals surface area contributed by atoms with Crippen LogP contribution in [0.4, 0.5) is 0 Å². The van der Waals surface area contributed by atoms with Crippen LogP contribution in [-0.4, -0.2) is 33.9 Å². The van der Waals surface area contributed by atoms with Crippen molar-refractivity contribution in [3.05, 3.63) is 46.2 Å². The zero-order chi connectivity index (χ0) is 14.7. The normalized spacial score (nSPS) is 18.7. The lowest BCUT2D eigenvalue weighted by molar-refractivity contribution is 0.0667. The van der Waals surface area contributed by atoms with Gasteiger partial charge in [-0.1, -0.05) is 6.07 Å². The molecule has 2 aromatic rings. The molecule has 2 aromatic heterocycles. The molecule has 1 aliphatic heterocycles. The molecule has 1 fully saturated rings. The Morgan fingerprint density at radius 1 is 1.48 bits per heavy atom. The number of nitrogens with zero attached hydrogens (tertiary/aromatic N) is 3. The van der Waals surface area contributed by atoms with E-state index < -0.39 is 0 Å². The fourth-order valence-electron chi connectivity index (χ4n) is 2.91. The highest BCUT2D eigenvalue weighted by atomic mass is 32.1. The molecule has 0 N–H and O–H groups in total. The number of aryl methyl sites for hydroxylation is 1. The van der Waals surface area contributed by atoms with E-state index in [1.165, 1.54) is 11.3 Å². The molecule has 3 rings (SSSR count). The molecule has 1 saturated heterocycles. The lowest BCUT2D eigenvalue weighted by Crippen LogP contribution is -2.40. The van der Waals surface area contributed by atoms with Gasteiger partial charge < -0.3 is 4.90 Å². The number of likely N-dealkylation sites (tertiary alicyclic amines) is 1. The molecule has 1 atom stereocenters. The van der Waals surface area contributed by atoms with Crippen LogP contribution in [0.15, 0.2) is 29.1 Å². The van der Waals surface area contributed by atoms with Gasteiger partial charge in [-0.05, 0) is 44.2 Å². The van der Waals surface area contributed by atoms with Crippen molar-refractivity contribution in [3.8, 4) is 0 Å². The third kappa shape index (κ3) is 3.47. The highest BCUT2D eigenvalue weighted by Crippen LogP contribution is 2.21. The number of carbonyl (C=O) groups excluding carboxylic acids is 1. The first-order valence-electron chi connectivity index (χ1n) is 7.32. The van der Waals surface area contributed by atoms with E-state index in [0.29, 0.717) is 11.6 Å². The fourth-order valence-corrected chi connectivity index (χ4v) is 3.43. The summed E-state index contributed by atoms with van der Waals surface area (Å²) < 4.78 is 0. The molecule has 0 spiro atoms. The monoisotopic (exact) mass is 301 g/mol. The van der Waals surface area contributed by atoms with Crippen LogP contribution in [-0.2, 0) is 6.42 Å². The SMILES string of the molecule is Cc1cccc(C[C@H]2CCCN(C(=O)c3cscn3)C2)n1. The second-order valence-electron chi connectivity index (χ2n) is 5.61. The summed E-state index contributed by atoms with van der Waals surface area (Å²) in [6, 6.07) is 6.15. The Hall–Kier alpha value is -1.75. The Morgan fingerprint density at radius 2 is 2.38 bits per heavy atom. The maximum Gasteiger partial charge on any atom is 0.273 e. The molecule has 1 amide bonds. The molecule has 4 nitrogen and oxygen atoms in total. The molecule has 21 heavy (non-hydrogen) atoms. The highest BCUT2D eigenvalue weighted by Gasteiger charge is 2.25. The molecule has 110 valence electrons. The lowest BCUT2D eigenvalue weighted by atomic mass is 9.93. The van der Waals surface area contributed by atoms with Gasteiger partial charge in [0.25, 0.3) is 5.91 Å². The van der Waals surface area contributed by atoms with Crippen LogP contribution in [0.5, 0.6) is 0 Å². The van der Waals surface area contributed by atoms with Crippen LogP contribution in [0.1, 0.15) is 34.7 Å². The van der Waals surface area contributed by atoms with E-state index in [2.05, 4.69) is 22.1 Å². The summed E-state index contributed by atoms with van der Waals surface area (Å²) in [4.78, 5) is 23.0. The van der Waals surface area contributed by atoms with E-state index in [1.54, 1.807) is 5.51 Å². The average Bonchev–Trinajstić information content (AvgIpc) is 3.01. The minimum absolute atomic E-state index is 0.0677. The summed E-state index contributed by atoms with van der Waals surface area (Å²) in [5.41, 5.74) is 4.47. The maximum atomic E-state index is 12.4. The van der Waals surface area contributed by atoms with Crippen LogP contribution in [0.2, 0.25) is 0 Å². The number of hydrogen-bond donors (Lipinski definition) is 0. The first kappa shape index (κ1) is 14.2. The molecule has 0 aliphatic carbocycles. The van der Waals surface area contributed by atoms with Gasteiger partial charge in [0.05, 0.1) is 5.51 Å². The van der Waals surface area contributed by atoms with Crippen molar-refractivity contribution in [1.82, 2.24) is 14.9 Å². The first-order valence-corrected chi connectivity index (χ1v) is 8.26. The van der Waals surface area contributed by atoms with Crippen LogP contribution >= 0.6 is 11.3 Å². The van der Waals surface area contributed by atoms with Crippen molar-refractivity contribution in [3.63, 3.8) is 0 Å². The summed E-state index contributed by atoms with van der Waals surface area (Å²) in [5.74, 6) is 0.564. The van der Waals surface area contributed by atoms with E-state index in [0.717, 1.165) is 43.7 Å².